The van der Waals surface area contributed by atoms with Crippen LogP contribution in [0.25, 0.3) is 0 Å². The van der Waals surface area contributed by atoms with Crippen LogP contribution in [0.4, 0.5) is 5.69 Å². The molecule has 0 aliphatic carbocycles. The quantitative estimate of drug-likeness (QED) is 0.749. The van der Waals surface area contributed by atoms with Gasteiger partial charge in [-0.1, -0.05) is 19.1 Å². The van der Waals surface area contributed by atoms with Gasteiger partial charge in [-0.25, -0.2) is 0 Å². The summed E-state index contributed by atoms with van der Waals surface area (Å²) in [5, 5.41) is 13.1. The van der Waals surface area contributed by atoms with Crippen molar-refractivity contribution in [2.45, 2.75) is 26.5 Å². The number of anilines is 1. The number of rotatable bonds is 8. The average molecular weight is 266 g/mol. The lowest BCUT2D eigenvalue weighted by Crippen LogP contribution is -2.32. The number of ether oxygens (including phenoxy) is 1. The number of aryl methyl sites for hydroxylation is 1. The molecule has 0 aromatic heterocycles. The zero-order chi connectivity index (χ0) is 14.3. The Morgan fingerprint density at radius 1 is 1.42 bits per heavy atom. The van der Waals surface area contributed by atoms with Crippen LogP contribution in [0, 0.1) is 6.92 Å². The predicted molar refractivity (Wildman–Crippen MR) is 79.7 cm³/mol. The molecule has 1 rings (SSSR count). The third-order valence-electron chi connectivity index (χ3n) is 3.10. The van der Waals surface area contributed by atoms with E-state index in [1.165, 1.54) is 11.1 Å². The number of likely N-dealkylation sites (N-methyl/N-ethyl adjacent to an activating group) is 1. The molecule has 0 amide bonds. The molecule has 0 bridgehead atoms. The Kier molecular flexibility index (Phi) is 6.84. The molecule has 19 heavy (non-hydrogen) atoms. The highest BCUT2D eigenvalue weighted by atomic mass is 16.5. The first-order valence-electron chi connectivity index (χ1n) is 6.76. The summed E-state index contributed by atoms with van der Waals surface area (Å²) in [4.78, 5) is 2.07. The summed E-state index contributed by atoms with van der Waals surface area (Å²) in [5.41, 5.74) is 3.66. The van der Waals surface area contributed by atoms with Gasteiger partial charge in [-0.2, -0.15) is 0 Å². The van der Waals surface area contributed by atoms with Gasteiger partial charge in [0.05, 0.1) is 12.7 Å². The van der Waals surface area contributed by atoms with E-state index in [0.717, 1.165) is 18.8 Å². The van der Waals surface area contributed by atoms with Crippen LogP contribution in [-0.2, 0) is 11.3 Å². The van der Waals surface area contributed by atoms with Crippen molar-refractivity contribution < 1.29 is 9.84 Å². The van der Waals surface area contributed by atoms with Crippen LogP contribution in [0.3, 0.4) is 0 Å². The Hall–Kier alpha value is -1.10. The van der Waals surface area contributed by atoms with Gasteiger partial charge in [0, 0.05) is 32.9 Å². The van der Waals surface area contributed by atoms with Crippen LogP contribution >= 0.6 is 0 Å². The first-order chi connectivity index (χ1) is 9.08. The van der Waals surface area contributed by atoms with Crippen molar-refractivity contribution in [2.24, 2.45) is 0 Å². The molecule has 0 heterocycles. The second-order valence-electron chi connectivity index (χ2n) is 4.89. The summed E-state index contributed by atoms with van der Waals surface area (Å²) in [6.45, 7) is 7.01. The largest absolute Gasteiger partial charge is 0.389 e. The summed E-state index contributed by atoms with van der Waals surface area (Å²) in [7, 11) is 3.59. The maximum absolute atomic E-state index is 9.77. The molecule has 1 atom stereocenters. The van der Waals surface area contributed by atoms with E-state index >= 15 is 0 Å². The standard InChI is InChI=1S/C15H26N2O2/c1-5-16-9-13-6-7-15(12(2)8-13)17(3)10-14(18)11-19-4/h6-8,14,16,18H,5,9-11H2,1-4H3. The maximum Gasteiger partial charge on any atom is 0.0947 e. The number of aliphatic hydroxyl groups is 1. The van der Waals surface area contributed by atoms with E-state index in [1.54, 1.807) is 7.11 Å². The fourth-order valence-corrected chi connectivity index (χ4v) is 2.18. The zero-order valence-electron chi connectivity index (χ0n) is 12.4. The molecule has 1 unspecified atom stereocenters. The number of aliphatic hydroxyl groups excluding tert-OH is 1. The molecule has 0 aliphatic rings. The molecule has 0 aliphatic heterocycles. The number of methoxy groups -OCH3 is 1. The topological polar surface area (TPSA) is 44.7 Å². The molecule has 0 fully saturated rings. The fourth-order valence-electron chi connectivity index (χ4n) is 2.18. The summed E-state index contributed by atoms with van der Waals surface area (Å²) in [5.74, 6) is 0. The summed E-state index contributed by atoms with van der Waals surface area (Å²) in [6.07, 6.45) is -0.462. The molecular formula is C15H26N2O2. The van der Waals surface area contributed by atoms with E-state index in [0.29, 0.717) is 13.2 Å². The number of nitrogens with one attached hydrogen (secondary N) is 1. The highest BCUT2D eigenvalue weighted by Crippen LogP contribution is 2.20. The highest BCUT2D eigenvalue weighted by Gasteiger charge is 2.10. The van der Waals surface area contributed by atoms with Crippen molar-refractivity contribution in [1.82, 2.24) is 5.32 Å². The summed E-state index contributed by atoms with van der Waals surface area (Å²) < 4.78 is 4.95. The summed E-state index contributed by atoms with van der Waals surface area (Å²) >= 11 is 0. The number of hydrogen-bond donors (Lipinski definition) is 2. The third kappa shape index (κ3) is 5.19. The van der Waals surface area contributed by atoms with E-state index in [9.17, 15) is 5.11 Å². The van der Waals surface area contributed by atoms with Gasteiger partial charge in [-0.15, -0.1) is 0 Å². The van der Waals surface area contributed by atoms with Gasteiger partial charge in [-0.05, 0) is 30.7 Å². The number of hydrogen-bond acceptors (Lipinski definition) is 4. The molecule has 0 saturated heterocycles. The SMILES string of the molecule is CCNCc1ccc(N(C)CC(O)COC)c(C)c1. The van der Waals surface area contributed by atoms with Crippen molar-refractivity contribution in [3.05, 3.63) is 29.3 Å². The zero-order valence-corrected chi connectivity index (χ0v) is 12.4. The number of benzene rings is 1. The first-order valence-corrected chi connectivity index (χ1v) is 6.76. The minimum absolute atomic E-state index is 0.363. The minimum atomic E-state index is -0.462. The van der Waals surface area contributed by atoms with E-state index in [1.807, 2.05) is 7.05 Å². The monoisotopic (exact) mass is 266 g/mol. The lowest BCUT2D eigenvalue weighted by Gasteiger charge is -2.24. The Bertz CT molecular complexity index is 382. The molecule has 4 nitrogen and oxygen atoms in total. The molecule has 0 saturated carbocycles. The van der Waals surface area contributed by atoms with Crippen molar-refractivity contribution >= 4 is 5.69 Å². The van der Waals surface area contributed by atoms with Gasteiger partial charge >= 0.3 is 0 Å². The van der Waals surface area contributed by atoms with Gasteiger partial charge in [0.2, 0.25) is 0 Å². The van der Waals surface area contributed by atoms with Crippen LogP contribution in [0.15, 0.2) is 18.2 Å². The molecule has 2 N–H and O–H groups in total. The number of nitrogens with zero attached hydrogens (tertiary/aromatic N) is 1. The van der Waals surface area contributed by atoms with Crippen LogP contribution < -0.4 is 10.2 Å². The molecule has 4 heteroatoms. The first kappa shape index (κ1) is 16.0. The fraction of sp³-hybridized carbons (Fsp3) is 0.600. The summed E-state index contributed by atoms with van der Waals surface area (Å²) in [6, 6.07) is 6.43. The highest BCUT2D eigenvalue weighted by molar-refractivity contribution is 5.54. The van der Waals surface area contributed by atoms with E-state index < -0.39 is 6.10 Å². The second kappa shape index (κ2) is 8.15. The molecule has 0 radical (unpaired) electrons. The van der Waals surface area contributed by atoms with Crippen LogP contribution in [0.2, 0.25) is 0 Å². The average Bonchev–Trinajstić information content (AvgIpc) is 2.36. The van der Waals surface area contributed by atoms with E-state index in [-0.39, 0.29) is 0 Å². The Balaban J connectivity index is 2.67. The van der Waals surface area contributed by atoms with Gasteiger partial charge in [0.25, 0.3) is 0 Å². The van der Waals surface area contributed by atoms with Crippen molar-refractivity contribution in [3.63, 3.8) is 0 Å². The lowest BCUT2D eigenvalue weighted by atomic mass is 10.1. The Labute approximate surface area is 116 Å². The maximum atomic E-state index is 9.77. The van der Waals surface area contributed by atoms with E-state index in [4.69, 9.17) is 4.74 Å². The Morgan fingerprint density at radius 2 is 2.16 bits per heavy atom. The smallest absolute Gasteiger partial charge is 0.0947 e. The molecule has 1 aromatic rings. The normalized spacial score (nSPS) is 12.5. The predicted octanol–water partition coefficient (Wildman–Crippen LogP) is 1.55. The van der Waals surface area contributed by atoms with Gasteiger partial charge in [0.15, 0.2) is 0 Å². The Morgan fingerprint density at radius 3 is 2.74 bits per heavy atom. The van der Waals surface area contributed by atoms with Gasteiger partial charge < -0.3 is 20.1 Å². The lowest BCUT2D eigenvalue weighted by molar-refractivity contribution is 0.0695. The van der Waals surface area contributed by atoms with Crippen molar-refractivity contribution in [3.8, 4) is 0 Å². The van der Waals surface area contributed by atoms with Crippen LogP contribution in [-0.4, -0.2) is 45.1 Å². The van der Waals surface area contributed by atoms with Crippen LogP contribution in [0.5, 0.6) is 0 Å². The van der Waals surface area contributed by atoms with E-state index in [2.05, 4.69) is 42.3 Å². The van der Waals surface area contributed by atoms with Gasteiger partial charge in [-0.3, -0.25) is 0 Å². The minimum Gasteiger partial charge on any atom is -0.389 e. The van der Waals surface area contributed by atoms with Crippen molar-refractivity contribution in [2.75, 3.05) is 38.8 Å². The van der Waals surface area contributed by atoms with Crippen LogP contribution in [0.1, 0.15) is 18.1 Å². The molecule has 1 aromatic carbocycles. The second-order valence-corrected chi connectivity index (χ2v) is 4.89. The van der Waals surface area contributed by atoms with Gasteiger partial charge in [0.1, 0.15) is 0 Å². The van der Waals surface area contributed by atoms with Crippen molar-refractivity contribution in [1.29, 1.82) is 0 Å². The molecule has 0 spiro atoms. The molecule has 108 valence electrons. The molecular weight excluding hydrogens is 240 g/mol. The third-order valence-corrected chi connectivity index (χ3v) is 3.10.